The number of hydrogen-bond acceptors (Lipinski definition) is 6. The second-order valence-corrected chi connectivity index (χ2v) is 9.76. The van der Waals surface area contributed by atoms with Gasteiger partial charge in [-0.3, -0.25) is 18.8 Å². The van der Waals surface area contributed by atoms with Crippen LogP contribution < -0.4 is 10.3 Å². The third kappa shape index (κ3) is 4.98. The number of thioether (sulfide) groups is 1. The monoisotopic (exact) mass is 458 g/mol. The van der Waals surface area contributed by atoms with Crippen molar-refractivity contribution >= 4 is 28.8 Å². The highest BCUT2D eigenvalue weighted by Gasteiger charge is 2.28. The van der Waals surface area contributed by atoms with Crippen molar-refractivity contribution in [2.24, 2.45) is 0 Å². The largest absolute Gasteiger partial charge is 0.492 e. The number of hydrogen-bond donors (Lipinski definition) is 1. The van der Waals surface area contributed by atoms with Crippen LogP contribution in [0.25, 0.3) is 11.0 Å². The first-order valence-corrected chi connectivity index (χ1v) is 11.6. The molecule has 0 aliphatic heterocycles. The van der Waals surface area contributed by atoms with Gasteiger partial charge in [0.05, 0.1) is 12.2 Å². The predicted octanol–water partition coefficient (Wildman–Crippen LogP) is 3.91. The summed E-state index contributed by atoms with van der Waals surface area (Å²) in [7, 11) is 0. The number of aryl methyl sites for hydroxylation is 3. The molecule has 2 aromatic heterocycles. The molecule has 0 radical (unpaired) electrons. The van der Waals surface area contributed by atoms with Gasteiger partial charge in [-0.25, -0.2) is 4.98 Å². The lowest BCUT2D eigenvalue weighted by atomic mass is 10.2. The van der Waals surface area contributed by atoms with Crippen molar-refractivity contribution in [2.75, 3.05) is 6.61 Å². The van der Waals surface area contributed by atoms with Gasteiger partial charge >= 0.3 is 5.97 Å². The molecule has 1 N–H and O–H groups in total. The molecule has 2 heterocycles. The summed E-state index contributed by atoms with van der Waals surface area (Å²) in [6.07, 6.45) is 1.74. The summed E-state index contributed by atoms with van der Waals surface area (Å²) in [5, 5.41) is 13.9. The highest BCUT2D eigenvalue weighted by Crippen LogP contribution is 2.33. The van der Waals surface area contributed by atoms with E-state index < -0.39 is 10.7 Å². The van der Waals surface area contributed by atoms with E-state index in [1.54, 1.807) is 35.2 Å². The van der Waals surface area contributed by atoms with Gasteiger partial charge in [-0.15, -0.1) is 11.8 Å². The molecule has 8 nitrogen and oxygen atoms in total. The van der Waals surface area contributed by atoms with Crippen LogP contribution in [0.1, 0.15) is 45.6 Å². The molecule has 0 fully saturated rings. The molecule has 0 bridgehead atoms. The van der Waals surface area contributed by atoms with Gasteiger partial charge in [0.15, 0.2) is 5.52 Å². The maximum Gasteiger partial charge on any atom is 0.319 e. The van der Waals surface area contributed by atoms with E-state index in [0.29, 0.717) is 42.3 Å². The molecule has 0 amide bonds. The normalized spacial score (nSPS) is 11.8. The third-order valence-electron chi connectivity index (χ3n) is 5.19. The molecule has 0 spiro atoms. The van der Waals surface area contributed by atoms with Crippen molar-refractivity contribution in [2.45, 2.75) is 70.2 Å². The highest BCUT2D eigenvalue weighted by molar-refractivity contribution is 8.01. The van der Waals surface area contributed by atoms with Gasteiger partial charge in [0.25, 0.3) is 5.56 Å². The molecular weight excluding hydrogens is 428 g/mol. The quantitative estimate of drug-likeness (QED) is 0.460. The van der Waals surface area contributed by atoms with Crippen LogP contribution in [0.4, 0.5) is 0 Å². The molecule has 0 unspecified atom stereocenters. The summed E-state index contributed by atoms with van der Waals surface area (Å²) in [6.45, 7) is 10.5. The van der Waals surface area contributed by atoms with E-state index >= 15 is 0 Å². The molecule has 32 heavy (non-hydrogen) atoms. The number of carboxylic acid groups (broad SMARTS) is 1. The minimum absolute atomic E-state index is 0.101. The van der Waals surface area contributed by atoms with Crippen molar-refractivity contribution in [1.29, 1.82) is 0 Å². The first-order chi connectivity index (χ1) is 15.2. The zero-order chi connectivity index (χ0) is 23.5. The van der Waals surface area contributed by atoms with Crippen LogP contribution in [0.5, 0.6) is 5.75 Å². The van der Waals surface area contributed by atoms with Crippen LogP contribution in [0.2, 0.25) is 0 Å². The third-order valence-corrected chi connectivity index (χ3v) is 6.38. The molecule has 9 heteroatoms. The predicted molar refractivity (Wildman–Crippen MR) is 126 cm³/mol. The zero-order valence-electron chi connectivity index (χ0n) is 19.2. The summed E-state index contributed by atoms with van der Waals surface area (Å²) in [5.74, 6) is 0.438. The molecule has 1 aromatic carbocycles. The Morgan fingerprint density at radius 3 is 2.50 bits per heavy atom. The van der Waals surface area contributed by atoms with E-state index in [2.05, 4.69) is 17.0 Å². The van der Waals surface area contributed by atoms with Gasteiger partial charge in [-0.05, 0) is 58.4 Å². The zero-order valence-corrected chi connectivity index (χ0v) is 20.0. The number of rotatable bonds is 10. The molecule has 3 rings (SSSR count). The topological polar surface area (TPSA) is 99.2 Å². The summed E-state index contributed by atoms with van der Waals surface area (Å²) in [4.78, 5) is 30.0. The van der Waals surface area contributed by atoms with Gasteiger partial charge in [-0.2, -0.15) is 5.10 Å². The van der Waals surface area contributed by atoms with Crippen LogP contribution in [0.3, 0.4) is 0 Å². The Bertz CT molecular complexity index is 1170. The van der Waals surface area contributed by atoms with Crippen LogP contribution in [0, 0.1) is 6.92 Å². The maximum absolute atomic E-state index is 13.2. The fourth-order valence-corrected chi connectivity index (χ4v) is 4.37. The van der Waals surface area contributed by atoms with Crippen molar-refractivity contribution in [1.82, 2.24) is 19.3 Å². The number of carbonyl (C=O) groups is 1. The van der Waals surface area contributed by atoms with Gasteiger partial charge in [0, 0.05) is 11.4 Å². The minimum Gasteiger partial charge on any atom is -0.492 e. The fourth-order valence-electron chi connectivity index (χ4n) is 3.42. The SMILES string of the molecule is CCCc1nn(CC)c2c(=O)n(CCOc3ccc(SC(C)(C)C(=O)O)cc3)c(C)nc12. The van der Waals surface area contributed by atoms with E-state index in [-0.39, 0.29) is 5.56 Å². The average molecular weight is 459 g/mol. The lowest BCUT2D eigenvalue weighted by molar-refractivity contribution is -0.138. The number of benzene rings is 1. The standard InChI is InChI=1S/C23H30N4O4S/c1-6-8-18-19-20(27(7-2)25-18)21(28)26(15(3)24-19)13-14-31-16-9-11-17(12-10-16)32-23(4,5)22(29)30/h9-12H,6-8,13-14H2,1-5H3,(H,29,30). The molecular formula is C23H30N4O4S. The summed E-state index contributed by atoms with van der Waals surface area (Å²) < 4.78 is 8.29. The Kier molecular flexibility index (Phi) is 7.28. The number of nitrogens with zero attached hydrogens (tertiary/aromatic N) is 4. The molecule has 3 aromatic rings. The fraction of sp³-hybridized carbons (Fsp3) is 0.478. The lowest BCUT2D eigenvalue weighted by Crippen LogP contribution is -2.28. The molecule has 172 valence electrons. The van der Waals surface area contributed by atoms with E-state index in [1.807, 2.05) is 26.0 Å². The first-order valence-electron chi connectivity index (χ1n) is 10.8. The second-order valence-electron chi connectivity index (χ2n) is 8.06. The molecule has 0 atom stereocenters. The molecule has 0 aliphatic carbocycles. The average Bonchev–Trinajstić information content (AvgIpc) is 3.09. The summed E-state index contributed by atoms with van der Waals surface area (Å²) >= 11 is 1.28. The van der Waals surface area contributed by atoms with Crippen molar-refractivity contribution in [3.05, 3.63) is 46.1 Å². The van der Waals surface area contributed by atoms with Crippen molar-refractivity contribution in [3.63, 3.8) is 0 Å². The molecule has 0 aliphatic rings. The van der Waals surface area contributed by atoms with Crippen LogP contribution in [0.15, 0.2) is 34.0 Å². The Balaban J connectivity index is 1.73. The number of aliphatic carboxylic acids is 1. The van der Waals surface area contributed by atoms with Gasteiger partial charge in [0.1, 0.15) is 28.4 Å². The minimum atomic E-state index is -0.908. The van der Waals surface area contributed by atoms with Gasteiger partial charge < -0.3 is 9.84 Å². The van der Waals surface area contributed by atoms with E-state index in [1.165, 1.54) is 11.8 Å². The maximum atomic E-state index is 13.2. The van der Waals surface area contributed by atoms with E-state index in [4.69, 9.17) is 4.74 Å². The molecule has 0 saturated carbocycles. The van der Waals surface area contributed by atoms with Gasteiger partial charge in [-0.1, -0.05) is 13.3 Å². The number of aromatic nitrogens is 4. The van der Waals surface area contributed by atoms with Crippen LogP contribution in [-0.4, -0.2) is 41.8 Å². The van der Waals surface area contributed by atoms with Crippen LogP contribution >= 0.6 is 11.8 Å². The Morgan fingerprint density at radius 1 is 1.22 bits per heavy atom. The highest BCUT2D eigenvalue weighted by atomic mass is 32.2. The number of ether oxygens (including phenoxy) is 1. The lowest BCUT2D eigenvalue weighted by Gasteiger charge is -2.18. The smallest absolute Gasteiger partial charge is 0.319 e. The summed E-state index contributed by atoms with van der Waals surface area (Å²) in [6, 6.07) is 7.29. The van der Waals surface area contributed by atoms with E-state index in [0.717, 1.165) is 23.4 Å². The van der Waals surface area contributed by atoms with E-state index in [9.17, 15) is 14.7 Å². The summed E-state index contributed by atoms with van der Waals surface area (Å²) in [5.41, 5.74) is 2.02. The first kappa shape index (κ1) is 23.8. The Labute approximate surface area is 191 Å². The van der Waals surface area contributed by atoms with Crippen molar-refractivity contribution in [3.8, 4) is 5.75 Å². The van der Waals surface area contributed by atoms with Gasteiger partial charge in [0.2, 0.25) is 0 Å². The van der Waals surface area contributed by atoms with Crippen LogP contribution in [-0.2, 0) is 24.3 Å². The Hall–Kier alpha value is -2.81. The number of fused-ring (bicyclic) bond motifs is 1. The molecule has 0 saturated heterocycles. The van der Waals surface area contributed by atoms with Crippen molar-refractivity contribution < 1.29 is 14.6 Å². The second kappa shape index (κ2) is 9.77. The Morgan fingerprint density at radius 2 is 1.91 bits per heavy atom. The number of carboxylic acids is 1.